The number of benzene rings is 1. The highest BCUT2D eigenvalue weighted by Crippen LogP contribution is 2.15. The van der Waals surface area contributed by atoms with Gasteiger partial charge >= 0.3 is 0 Å². The number of hydrogen-bond acceptors (Lipinski definition) is 2. The number of alkyl halides is 1. The zero-order chi connectivity index (χ0) is 14.6. The summed E-state index contributed by atoms with van der Waals surface area (Å²) in [4.78, 5) is 0. The molecule has 108 valence electrons. The SMILES string of the molecule is Cc1cc(CNS(=O)(=O)CC(C)CCl)cc(C)c1F. The van der Waals surface area contributed by atoms with E-state index in [-0.39, 0.29) is 24.0 Å². The predicted molar refractivity (Wildman–Crippen MR) is 76.4 cm³/mol. The molecule has 1 rings (SSSR count). The molecule has 19 heavy (non-hydrogen) atoms. The average molecular weight is 308 g/mol. The fraction of sp³-hybridized carbons (Fsp3) is 0.538. The minimum absolute atomic E-state index is 0.00431. The molecule has 0 fully saturated rings. The Morgan fingerprint density at radius 1 is 1.32 bits per heavy atom. The van der Waals surface area contributed by atoms with E-state index in [1.165, 1.54) is 0 Å². The molecule has 0 saturated carbocycles. The quantitative estimate of drug-likeness (QED) is 0.821. The summed E-state index contributed by atoms with van der Waals surface area (Å²) >= 11 is 5.60. The van der Waals surface area contributed by atoms with Gasteiger partial charge in [-0.25, -0.2) is 17.5 Å². The van der Waals surface area contributed by atoms with Crippen LogP contribution in [-0.2, 0) is 16.6 Å². The van der Waals surface area contributed by atoms with Gasteiger partial charge in [-0.2, -0.15) is 0 Å². The monoisotopic (exact) mass is 307 g/mol. The van der Waals surface area contributed by atoms with Crippen LogP contribution >= 0.6 is 11.6 Å². The van der Waals surface area contributed by atoms with Gasteiger partial charge in [-0.3, -0.25) is 0 Å². The van der Waals surface area contributed by atoms with Gasteiger partial charge < -0.3 is 0 Å². The van der Waals surface area contributed by atoms with Gasteiger partial charge in [0.25, 0.3) is 0 Å². The largest absolute Gasteiger partial charge is 0.212 e. The van der Waals surface area contributed by atoms with Gasteiger partial charge in [0.15, 0.2) is 0 Å². The van der Waals surface area contributed by atoms with Crippen molar-refractivity contribution in [3.05, 3.63) is 34.6 Å². The minimum atomic E-state index is -3.36. The Morgan fingerprint density at radius 3 is 2.32 bits per heavy atom. The first-order valence-electron chi connectivity index (χ1n) is 6.04. The summed E-state index contributed by atoms with van der Waals surface area (Å²) in [6, 6.07) is 3.30. The van der Waals surface area contributed by atoms with Crippen molar-refractivity contribution in [2.75, 3.05) is 11.6 Å². The van der Waals surface area contributed by atoms with Crippen LogP contribution in [0.3, 0.4) is 0 Å². The Hall–Kier alpha value is -0.650. The highest BCUT2D eigenvalue weighted by molar-refractivity contribution is 7.89. The van der Waals surface area contributed by atoms with Crippen LogP contribution in [-0.4, -0.2) is 20.1 Å². The molecule has 0 aliphatic carbocycles. The van der Waals surface area contributed by atoms with Crippen LogP contribution in [0, 0.1) is 25.6 Å². The zero-order valence-corrected chi connectivity index (χ0v) is 12.9. The standard InChI is InChI=1S/C13H19ClFNO2S/c1-9(6-14)8-19(17,18)16-7-12-4-10(2)13(15)11(3)5-12/h4-5,9,16H,6-8H2,1-3H3. The number of sulfonamides is 1. The molecule has 0 amide bonds. The molecule has 1 N–H and O–H groups in total. The van der Waals surface area contributed by atoms with Crippen LogP contribution in [0.5, 0.6) is 0 Å². The molecule has 1 unspecified atom stereocenters. The van der Waals surface area contributed by atoms with E-state index < -0.39 is 10.0 Å². The number of rotatable bonds is 6. The van der Waals surface area contributed by atoms with Gasteiger partial charge in [0.05, 0.1) is 5.75 Å². The molecular weight excluding hydrogens is 289 g/mol. The van der Waals surface area contributed by atoms with Crippen molar-refractivity contribution in [2.24, 2.45) is 5.92 Å². The maximum Gasteiger partial charge on any atom is 0.212 e. The first-order chi connectivity index (χ1) is 8.75. The van der Waals surface area contributed by atoms with Crippen molar-refractivity contribution in [1.82, 2.24) is 4.72 Å². The van der Waals surface area contributed by atoms with E-state index in [0.717, 1.165) is 5.56 Å². The highest BCUT2D eigenvalue weighted by Gasteiger charge is 2.15. The molecule has 1 aromatic carbocycles. The Labute approximate surface area is 119 Å². The third-order valence-electron chi connectivity index (χ3n) is 2.76. The van der Waals surface area contributed by atoms with Crippen molar-refractivity contribution >= 4 is 21.6 Å². The molecule has 3 nitrogen and oxygen atoms in total. The lowest BCUT2D eigenvalue weighted by molar-refractivity contribution is 0.568. The zero-order valence-electron chi connectivity index (χ0n) is 11.3. The lowest BCUT2D eigenvalue weighted by Crippen LogP contribution is -2.29. The normalized spacial score (nSPS) is 13.5. The summed E-state index contributed by atoms with van der Waals surface area (Å²) in [5.41, 5.74) is 1.78. The van der Waals surface area contributed by atoms with Crippen LogP contribution in [0.25, 0.3) is 0 Å². The van der Waals surface area contributed by atoms with E-state index in [1.807, 2.05) is 0 Å². The fourth-order valence-electron chi connectivity index (χ4n) is 1.81. The van der Waals surface area contributed by atoms with Gasteiger partial charge in [0.1, 0.15) is 5.82 Å². The molecule has 0 spiro atoms. The van der Waals surface area contributed by atoms with Crippen molar-refractivity contribution < 1.29 is 12.8 Å². The molecule has 0 radical (unpaired) electrons. The summed E-state index contributed by atoms with van der Waals surface area (Å²) < 4.78 is 39.5. The first kappa shape index (κ1) is 16.4. The van der Waals surface area contributed by atoms with Crippen molar-refractivity contribution in [2.45, 2.75) is 27.3 Å². The lowest BCUT2D eigenvalue weighted by atomic mass is 10.1. The summed E-state index contributed by atoms with van der Waals surface area (Å²) in [5.74, 6) is -0.0519. The van der Waals surface area contributed by atoms with Gasteiger partial charge in [0, 0.05) is 12.4 Å². The highest BCUT2D eigenvalue weighted by atomic mass is 35.5. The van der Waals surface area contributed by atoms with Crippen molar-refractivity contribution in [3.63, 3.8) is 0 Å². The smallest absolute Gasteiger partial charge is 0.212 e. The van der Waals surface area contributed by atoms with Gasteiger partial charge in [-0.1, -0.05) is 19.1 Å². The Kier molecular flexibility index (Phi) is 5.77. The topological polar surface area (TPSA) is 46.2 Å². The van der Waals surface area contributed by atoms with Crippen LogP contribution in [0.1, 0.15) is 23.6 Å². The number of halogens is 2. The summed E-state index contributed by atoms with van der Waals surface area (Å²) in [6.07, 6.45) is 0. The first-order valence-corrected chi connectivity index (χ1v) is 8.22. The second kappa shape index (κ2) is 6.68. The number of nitrogens with one attached hydrogen (secondary N) is 1. The van der Waals surface area contributed by atoms with E-state index in [2.05, 4.69) is 4.72 Å². The van der Waals surface area contributed by atoms with Crippen molar-refractivity contribution in [1.29, 1.82) is 0 Å². The summed E-state index contributed by atoms with van der Waals surface area (Å²) in [6.45, 7) is 5.27. The van der Waals surface area contributed by atoms with E-state index in [4.69, 9.17) is 11.6 Å². The number of hydrogen-bond donors (Lipinski definition) is 1. The van der Waals surface area contributed by atoms with Gasteiger partial charge in [-0.15, -0.1) is 11.6 Å². The molecule has 0 heterocycles. The average Bonchev–Trinajstić information content (AvgIpc) is 2.32. The second-order valence-corrected chi connectivity index (χ2v) is 7.07. The molecule has 0 aromatic heterocycles. The van der Waals surface area contributed by atoms with Gasteiger partial charge in [0.2, 0.25) is 10.0 Å². The maximum absolute atomic E-state index is 13.4. The Morgan fingerprint density at radius 2 is 1.84 bits per heavy atom. The van der Waals surface area contributed by atoms with E-state index in [9.17, 15) is 12.8 Å². The number of aryl methyl sites for hydroxylation is 2. The third-order valence-corrected chi connectivity index (χ3v) is 4.88. The molecule has 0 saturated heterocycles. The lowest BCUT2D eigenvalue weighted by Gasteiger charge is -2.11. The molecular formula is C13H19ClFNO2S. The third kappa shape index (κ3) is 5.09. The summed E-state index contributed by atoms with van der Waals surface area (Å²) in [7, 11) is -3.36. The van der Waals surface area contributed by atoms with E-state index in [0.29, 0.717) is 17.0 Å². The molecule has 0 aliphatic heterocycles. The Bertz CT molecular complexity index is 523. The van der Waals surface area contributed by atoms with E-state index >= 15 is 0 Å². The molecule has 0 aliphatic rings. The molecule has 1 aromatic rings. The molecule has 0 bridgehead atoms. The van der Waals surface area contributed by atoms with Crippen LogP contribution in [0.4, 0.5) is 4.39 Å². The van der Waals surface area contributed by atoms with Crippen molar-refractivity contribution in [3.8, 4) is 0 Å². The Balaban J connectivity index is 2.72. The predicted octanol–water partition coefficient (Wildman–Crippen LogP) is 2.74. The second-order valence-electron chi connectivity index (χ2n) is 4.91. The fourth-order valence-corrected chi connectivity index (χ4v) is 3.42. The molecule has 6 heteroatoms. The van der Waals surface area contributed by atoms with Gasteiger partial charge in [-0.05, 0) is 36.5 Å². The maximum atomic E-state index is 13.4. The summed E-state index contributed by atoms with van der Waals surface area (Å²) in [5, 5.41) is 0. The minimum Gasteiger partial charge on any atom is -0.212 e. The van der Waals surface area contributed by atoms with Crippen LogP contribution in [0.15, 0.2) is 12.1 Å². The van der Waals surface area contributed by atoms with E-state index in [1.54, 1.807) is 32.9 Å². The van der Waals surface area contributed by atoms with Crippen LogP contribution < -0.4 is 4.72 Å². The molecule has 1 atom stereocenters. The van der Waals surface area contributed by atoms with Crippen LogP contribution in [0.2, 0.25) is 0 Å².